The van der Waals surface area contributed by atoms with Crippen molar-refractivity contribution in [2.24, 2.45) is 5.14 Å². The lowest BCUT2D eigenvalue weighted by Gasteiger charge is -2.06. The fraction of sp³-hybridized carbons (Fsp3) is 0.500. The van der Waals surface area contributed by atoms with Crippen LogP contribution in [0.1, 0.15) is 24.8 Å². The van der Waals surface area contributed by atoms with E-state index in [0.717, 1.165) is 12.0 Å². The van der Waals surface area contributed by atoms with Gasteiger partial charge in [0, 0.05) is 11.4 Å². The van der Waals surface area contributed by atoms with Gasteiger partial charge in [-0.2, -0.15) is 13.6 Å². The highest BCUT2D eigenvalue weighted by Gasteiger charge is 2.14. The molecule has 0 amide bonds. The number of rotatable bonds is 8. The Morgan fingerprint density at radius 2 is 1.84 bits per heavy atom. The van der Waals surface area contributed by atoms with E-state index in [-0.39, 0.29) is 11.5 Å². The Balaban J connectivity index is 2.33. The third-order valence-corrected chi connectivity index (χ3v) is 4.56. The number of aryl methyl sites for hydroxylation is 1. The van der Waals surface area contributed by atoms with Crippen molar-refractivity contribution < 1.29 is 17.2 Å². The molecule has 0 aromatic heterocycles. The van der Waals surface area contributed by atoms with Crippen molar-refractivity contribution in [3.05, 3.63) is 29.8 Å². The fourth-order valence-electron chi connectivity index (χ4n) is 1.46. The first kappa shape index (κ1) is 16.5. The number of hydrogen-bond acceptors (Lipinski definition) is 5. The van der Waals surface area contributed by atoms with Gasteiger partial charge in [-0.25, -0.2) is 0 Å². The average molecular weight is 305 g/mol. The first-order valence-electron chi connectivity index (χ1n) is 6.01. The maximum absolute atomic E-state index is 11.8. The molecule has 0 heterocycles. The standard InChI is InChI=1S/C12H19NO4S2/c1-11-5-7-12(8-6-11)19(15,16)17-9-3-2-4-10-18(13)14/h5-8H,2-4,9-10,13H2,1H3. The second-order valence-corrected chi connectivity index (χ2v) is 7.02. The lowest BCUT2D eigenvalue weighted by atomic mass is 10.2. The fourth-order valence-corrected chi connectivity index (χ4v) is 2.90. The number of unbranched alkanes of at least 4 members (excludes halogenated alkanes) is 2. The lowest BCUT2D eigenvalue weighted by Crippen LogP contribution is -2.16. The molecule has 0 saturated carbocycles. The van der Waals surface area contributed by atoms with Crippen LogP contribution in [0.25, 0.3) is 0 Å². The van der Waals surface area contributed by atoms with E-state index in [1.54, 1.807) is 12.1 Å². The summed E-state index contributed by atoms with van der Waals surface area (Å²) in [5, 5.41) is 5.11. The van der Waals surface area contributed by atoms with Gasteiger partial charge in [-0.1, -0.05) is 17.7 Å². The quantitative estimate of drug-likeness (QED) is 0.446. The van der Waals surface area contributed by atoms with E-state index < -0.39 is 21.5 Å². The zero-order chi connectivity index (χ0) is 14.3. The summed E-state index contributed by atoms with van der Waals surface area (Å²) in [6.07, 6.45) is 2.05. The molecule has 1 unspecified atom stereocenters. The molecule has 0 spiro atoms. The molecule has 0 saturated heterocycles. The highest BCUT2D eigenvalue weighted by Crippen LogP contribution is 2.13. The van der Waals surface area contributed by atoms with Crippen molar-refractivity contribution in [2.75, 3.05) is 12.4 Å². The molecule has 0 aliphatic rings. The van der Waals surface area contributed by atoms with Crippen LogP contribution in [0.15, 0.2) is 29.2 Å². The van der Waals surface area contributed by atoms with Gasteiger partial charge in [0.2, 0.25) is 0 Å². The summed E-state index contributed by atoms with van der Waals surface area (Å²) >= 11 is -1.28. The van der Waals surface area contributed by atoms with Crippen LogP contribution in [0.5, 0.6) is 0 Å². The number of hydrogen-bond donors (Lipinski definition) is 1. The van der Waals surface area contributed by atoms with Gasteiger partial charge in [-0.05, 0) is 38.3 Å². The van der Waals surface area contributed by atoms with Crippen LogP contribution in [0.2, 0.25) is 0 Å². The third-order valence-electron chi connectivity index (χ3n) is 2.54. The summed E-state index contributed by atoms with van der Waals surface area (Å²) in [6, 6.07) is 6.52. The minimum Gasteiger partial charge on any atom is -0.598 e. The maximum atomic E-state index is 11.8. The molecule has 19 heavy (non-hydrogen) atoms. The van der Waals surface area contributed by atoms with Crippen molar-refractivity contribution in [1.82, 2.24) is 0 Å². The van der Waals surface area contributed by atoms with Gasteiger partial charge in [0.25, 0.3) is 10.1 Å². The monoisotopic (exact) mass is 305 g/mol. The van der Waals surface area contributed by atoms with Crippen molar-refractivity contribution in [3.8, 4) is 0 Å². The molecule has 0 aliphatic carbocycles. The van der Waals surface area contributed by atoms with E-state index in [1.807, 2.05) is 6.92 Å². The Labute approximate surface area is 117 Å². The molecule has 5 nitrogen and oxygen atoms in total. The second kappa shape index (κ2) is 7.86. The third kappa shape index (κ3) is 6.40. The molecule has 0 fully saturated rings. The summed E-state index contributed by atoms with van der Waals surface area (Å²) in [5.74, 6) is 0.435. The van der Waals surface area contributed by atoms with E-state index in [4.69, 9.17) is 9.32 Å². The zero-order valence-corrected chi connectivity index (χ0v) is 12.5. The molecule has 7 heteroatoms. The molecule has 0 bridgehead atoms. The number of benzene rings is 1. The van der Waals surface area contributed by atoms with Crippen LogP contribution in [-0.4, -0.2) is 25.3 Å². The topological polar surface area (TPSA) is 92.5 Å². The Bertz CT molecular complexity index is 471. The smallest absolute Gasteiger partial charge is 0.296 e. The van der Waals surface area contributed by atoms with Gasteiger partial charge in [-0.3, -0.25) is 4.18 Å². The van der Waals surface area contributed by atoms with Gasteiger partial charge in [0.05, 0.1) is 11.5 Å². The Morgan fingerprint density at radius 3 is 2.42 bits per heavy atom. The first-order valence-corrected chi connectivity index (χ1v) is 8.80. The van der Waals surface area contributed by atoms with Crippen LogP contribution in [0.4, 0.5) is 0 Å². The van der Waals surface area contributed by atoms with Crippen molar-refractivity contribution in [2.45, 2.75) is 31.1 Å². The number of nitrogens with two attached hydrogens (primary N) is 1. The minimum atomic E-state index is -3.67. The predicted octanol–water partition coefficient (Wildman–Crippen LogP) is 1.49. The Hall–Kier alpha value is -0.600. The molecule has 1 atom stereocenters. The largest absolute Gasteiger partial charge is 0.598 e. The zero-order valence-electron chi connectivity index (χ0n) is 10.9. The van der Waals surface area contributed by atoms with Crippen molar-refractivity contribution in [1.29, 1.82) is 0 Å². The van der Waals surface area contributed by atoms with Gasteiger partial charge >= 0.3 is 0 Å². The van der Waals surface area contributed by atoms with Crippen molar-refractivity contribution >= 4 is 21.5 Å². The normalized spacial score (nSPS) is 13.4. The Morgan fingerprint density at radius 1 is 1.21 bits per heavy atom. The van der Waals surface area contributed by atoms with Gasteiger partial charge in [0.1, 0.15) is 5.75 Å². The molecule has 0 aliphatic heterocycles. The minimum absolute atomic E-state index is 0.132. The van der Waals surface area contributed by atoms with Gasteiger partial charge < -0.3 is 4.55 Å². The summed E-state index contributed by atoms with van der Waals surface area (Å²) < 4.78 is 39.1. The van der Waals surface area contributed by atoms with Crippen LogP contribution < -0.4 is 5.14 Å². The molecular weight excluding hydrogens is 286 g/mol. The summed E-state index contributed by atoms with van der Waals surface area (Å²) in [6.45, 7) is 2.02. The second-order valence-electron chi connectivity index (χ2n) is 4.23. The summed E-state index contributed by atoms with van der Waals surface area (Å²) in [7, 11) is -3.67. The molecule has 1 rings (SSSR count). The van der Waals surface area contributed by atoms with E-state index in [9.17, 15) is 13.0 Å². The molecular formula is C12H19NO4S2. The van der Waals surface area contributed by atoms with E-state index in [0.29, 0.717) is 18.6 Å². The summed E-state index contributed by atoms with van der Waals surface area (Å²) in [4.78, 5) is 0.168. The van der Waals surface area contributed by atoms with E-state index >= 15 is 0 Å². The SMILES string of the molecule is Cc1ccc(S(=O)(=O)OCCCCC[S+](N)[O-])cc1. The summed E-state index contributed by atoms with van der Waals surface area (Å²) in [5.41, 5.74) is 0.994. The van der Waals surface area contributed by atoms with Crippen LogP contribution in [-0.2, 0) is 25.7 Å². The average Bonchev–Trinajstić information content (AvgIpc) is 2.34. The highest BCUT2D eigenvalue weighted by molar-refractivity contribution is 7.89. The Kier molecular flexibility index (Phi) is 6.81. The van der Waals surface area contributed by atoms with Crippen molar-refractivity contribution in [3.63, 3.8) is 0 Å². The first-order chi connectivity index (χ1) is 8.92. The molecule has 2 N–H and O–H groups in total. The highest BCUT2D eigenvalue weighted by atomic mass is 32.2. The molecule has 1 aromatic carbocycles. The van der Waals surface area contributed by atoms with Crippen LogP contribution >= 0.6 is 0 Å². The van der Waals surface area contributed by atoms with Crippen LogP contribution in [0, 0.1) is 6.92 Å². The molecule has 108 valence electrons. The van der Waals surface area contributed by atoms with E-state index in [2.05, 4.69) is 0 Å². The van der Waals surface area contributed by atoms with Crippen LogP contribution in [0.3, 0.4) is 0 Å². The molecule has 1 aromatic rings. The lowest BCUT2D eigenvalue weighted by molar-refractivity contribution is 0.308. The predicted molar refractivity (Wildman–Crippen MR) is 75.4 cm³/mol. The van der Waals surface area contributed by atoms with Gasteiger partial charge in [0.15, 0.2) is 0 Å². The van der Waals surface area contributed by atoms with E-state index in [1.165, 1.54) is 12.1 Å². The van der Waals surface area contributed by atoms with Gasteiger partial charge in [-0.15, -0.1) is 0 Å². The maximum Gasteiger partial charge on any atom is 0.296 e. The molecule has 0 radical (unpaired) electrons.